The maximum Gasteiger partial charge on any atom is 0.408 e. The molecule has 0 fully saturated rings. The lowest BCUT2D eigenvalue weighted by Gasteiger charge is -2.39. The minimum absolute atomic E-state index is 0.0213. The van der Waals surface area contributed by atoms with Crippen molar-refractivity contribution < 1.29 is 24.2 Å². The van der Waals surface area contributed by atoms with Crippen LogP contribution in [0.5, 0.6) is 0 Å². The molecule has 2 unspecified atom stereocenters. The molecule has 1 heterocycles. The maximum atomic E-state index is 14.0. The van der Waals surface area contributed by atoms with Crippen LogP contribution >= 0.6 is 0 Å². The molecule has 1 amide bonds. The number of amides is 1. The van der Waals surface area contributed by atoms with Crippen LogP contribution in [-0.4, -0.2) is 51.1 Å². The Balaban J connectivity index is 1.59. The predicted octanol–water partition coefficient (Wildman–Crippen LogP) is 5.75. The summed E-state index contributed by atoms with van der Waals surface area (Å²) in [6, 6.07) is 36.2. The number of carbonyl (C=O) groups is 3. The summed E-state index contributed by atoms with van der Waals surface area (Å²) in [6.45, 7) is 1.93. The van der Waals surface area contributed by atoms with Crippen LogP contribution in [0, 0.1) is 0 Å². The van der Waals surface area contributed by atoms with Crippen molar-refractivity contribution in [2.45, 2.75) is 37.6 Å². The summed E-state index contributed by atoms with van der Waals surface area (Å²) >= 11 is 0. The first kappa shape index (κ1) is 33.6. The number of nitrogens with zero attached hydrogens (tertiary/aromatic N) is 2. The lowest BCUT2D eigenvalue weighted by atomic mass is 9.76. The molecule has 0 saturated heterocycles. The first-order valence-electron chi connectivity index (χ1n) is 15.7. The van der Waals surface area contributed by atoms with Crippen LogP contribution in [0.4, 0.5) is 4.79 Å². The van der Waals surface area contributed by atoms with Crippen LogP contribution in [0.15, 0.2) is 146 Å². The van der Waals surface area contributed by atoms with Crippen molar-refractivity contribution in [2.75, 3.05) is 6.54 Å². The molecule has 244 valence electrons. The Morgan fingerprint density at radius 2 is 1.35 bits per heavy atom. The molecule has 5 aromatic rings. The summed E-state index contributed by atoms with van der Waals surface area (Å²) in [6.07, 6.45) is 5.90. The molecular weight excluding hydrogens is 604 g/mol. The van der Waals surface area contributed by atoms with Crippen molar-refractivity contribution in [2.24, 2.45) is 0 Å². The van der Waals surface area contributed by atoms with Gasteiger partial charge in [-0.1, -0.05) is 133 Å². The molecular formula is C39H38N4O5. The highest BCUT2D eigenvalue weighted by Crippen LogP contribution is 2.41. The molecule has 0 aliphatic carbocycles. The first-order chi connectivity index (χ1) is 23.4. The molecule has 0 aliphatic rings. The van der Waals surface area contributed by atoms with Gasteiger partial charge in [0.1, 0.15) is 12.1 Å². The number of carboxylic acid groups (broad SMARTS) is 1. The third-order valence-electron chi connectivity index (χ3n) is 8.12. The van der Waals surface area contributed by atoms with Gasteiger partial charge < -0.3 is 19.7 Å². The summed E-state index contributed by atoms with van der Waals surface area (Å²) in [5.74, 6) is -2.07. The predicted molar refractivity (Wildman–Crippen MR) is 183 cm³/mol. The van der Waals surface area contributed by atoms with Crippen molar-refractivity contribution in [3.05, 3.63) is 174 Å². The fourth-order valence-electron chi connectivity index (χ4n) is 5.88. The number of nitrogens with one attached hydrogen (secondary N) is 2. The van der Waals surface area contributed by atoms with Gasteiger partial charge in [0.15, 0.2) is 11.8 Å². The zero-order valence-electron chi connectivity index (χ0n) is 26.6. The molecule has 5 rings (SSSR count). The molecule has 0 spiro atoms. The lowest BCUT2D eigenvalue weighted by molar-refractivity contribution is -0.144. The van der Waals surface area contributed by atoms with Crippen LogP contribution in [0.3, 0.4) is 0 Å². The Morgan fingerprint density at radius 3 is 1.85 bits per heavy atom. The zero-order valence-corrected chi connectivity index (χ0v) is 26.6. The molecule has 0 bridgehead atoms. The van der Waals surface area contributed by atoms with Gasteiger partial charge in [-0.2, -0.15) is 0 Å². The molecule has 0 aliphatic heterocycles. The van der Waals surface area contributed by atoms with E-state index < -0.39 is 35.5 Å². The topological polar surface area (TPSA) is 123 Å². The number of benzene rings is 4. The van der Waals surface area contributed by atoms with E-state index in [4.69, 9.17) is 4.74 Å². The van der Waals surface area contributed by atoms with Crippen LogP contribution in [-0.2, 0) is 32.9 Å². The monoisotopic (exact) mass is 642 g/mol. The van der Waals surface area contributed by atoms with Crippen molar-refractivity contribution in [1.82, 2.24) is 20.2 Å². The number of Topliss-reactive ketones (excluding diaryl/α,β-unsaturated/α-hetero) is 1. The number of aliphatic carboxylic acids is 1. The summed E-state index contributed by atoms with van der Waals surface area (Å²) in [7, 11) is 0. The number of allylic oxidation sites excluding steroid dienone is 1. The average Bonchev–Trinajstić information content (AvgIpc) is 3.59. The number of hydrogen-bond acceptors (Lipinski definition) is 6. The Bertz CT molecular complexity index is 1710. The summed E-state index contributed by atoms with van der Waals surface area (Å²) in [4.78, 5) is 44.1. The standard InChI is InChI=1S/C39H38N4O5/c1-2-3-24-41-35(37(45)46)36(44)34(42-38(47)48-27-29-16-8-4-9-17-29)25-33-26-40-28-43(33)39(30-18-10-5-11-19-30,31-20-12-6-13-21-31)32-22-14-7-15-23-32/h2-23,26,28,34-35,41H,24-25,27H2,1H3,(H,42,47)(H,45,46). The van der Waals surface area contributed by atoms with Gasteiger partial charge in [-0.3, -0.25) is 14.9 Å². The Labute approximate surface area is 279 Å². The van der Waals surface area contributed by atoms with Gasteiger partial charge in [-0.25, -0.2) is 9.78 Å². The molecule has 0 saturated carbocycles. The lowest BCUT2D eigenvalue weighted by Crippen LogP contribution is -2.54. The first-order valence-corrected chi connectivity index (χ1v) is 15.7. The molecule has 0 radical (unpaired) electrons. The SMILES string of the molecule is CC=CCNC(C(=O)O)C(=O)C(Cc1cncn1C(c1ccccc1)(c1ccccc1)c1ccccc1)NC(=O)OCc1ccccc1. The number of rotatable bonds is 15. The highest BCUT2D eigenvalue weighted by Gasteiger charge is 2.41. The van der Waals surface area contributed by atoms with Gasteiger partial charge >= 0.3 is 12.1 Å². The minimum atomic E-state index is -1.58. The molecule has 4 aromatic carbocycles. The van der Waals surface area contributed by atoms with Gasteiger partial charge in [-0.15, -0.1) is 0 Å². The number of carboxylic acids is 1. The second-order valence-corrected chi connectivity index (χ2v) is 11.2. The highest BCUT2D eigenvalue weighted by atomic mass is 16.5. The van der Waals surface area contributed by atoms with E-state index in [1.807, 2.05) is 126 Å². The quantitative estimate of drug-likeness (QED) is 0.0755. The summed E-state index contributed by atoms with van der Waals surface area (Å²) < 4.78 is 7.46. The summed E-state index contributed by atoms with van der Waals surface area (Å²) in [5.41, 5.74) is 3.24. The van der Waals surface area contributed by atoms with Gasteiger partial charge in [0.2, 0.25) is 0 Å². The Hall–Kier alpha value is -5.80. The molecule has 9 heteroatoms. The smallest absolute Gasteiger partial charge is 0.408 e. The number of ether oxygens (including phenoxy) is 1. The van der Waals surface area contributed by atoms with E-state index in [1.54, 1.807) is 31.6 Å². The molecule has 1 aromatic heterocycles. The van der Waals surface area contributed by atoms with Crippen LogP contribution in [0.1, 0.15) is 34.9 Å². The second kappa shape index (κ2) is 16.2. The largest absolute Gasteiger partial charge is 0.480 e. The molecule has 2 atom stereocenters. The average molecular weight is 643 g/mol. The number of imidazole rings is 1. The fraction of sp³-hybridized carbons (Fsp3) is 0.179. The third-order valence-corrected chi connectivity index (χ3v) is 8.12. The van der Waals surface area contributed by atoms with Crippen LogP contribution in [0.25, 0.3) is 0 Å². The number of carbonyl (C=O) groups excluding carboxylic acids is 2. The van der Waals surface area contributed by atoms with Gasteiger partial charge in [0.25, 0.3) is 0 Å². The number of alkyl carbamates (subject to hydrolysis) is 1. The van der Waals surface area contributed by atoms with Gasteiger partial charge in [-0.05, 0) is 29.2 Å². The van der Waals surface area contributed by atoms with E-state index in [1.165, 1.54) is 0 Å². The zero-order chi connectivity index (χ0) is 33.8. The van der Waals surface area contributed by atoms with Crippen LogP contribution in [0.2, 0.25) is 0 Å². The molecule has 3 N–H and O–H groups in total. The fourth-order valence-corrected chi connectivity index (χ4v) is 5.88. The van der Waals surface area contributed by atoms with Crippen molar-refractivity contribution >= 4 is 17.8 Å². The van der Waals surface area contributed by atoms with Gasteiger partial charge in [0, 0.05) is 24.9 Å². The van der Waals surface area contributed by atoms with E-state index in [-0.39, 0.29) is 19.6 Å². The number of ketones is 1. The number of aromatic nitrogens is 2. The Morgan fingerprint density at radius 1 is 0.833 bits per heavy atom. The van der Waals surface area contributed by atoms with E-state index in [0.717, 1.165) is 22.3 Å². The van der Waals surface area contributed by atoms with Crippen LogP contribution < -0.4 is 10.6 Å². The third kappa shape index (κ3) is 7.59. The molecule has 48 heavy (non-hydrogen) atoms. The van der Waals surface area contributed by atoms with Crippen molar-refractivity contribution in [3.63, 3.8) is 0 Å². The highest BCUT2D eigenvalue weighted by molar-refractivity contribution is 6.06. The Kier molecular flexibility index (Phi) is 11.3. The second-order valence-electron chi connectivity index (χ2n) is 11.2. The van der Waals surface area contributed by atoms with E-state index in [0.29, 0.717) is 5.69 Å². The van der Waals surface area contributed by atoms with Crippen molar-refractivity contribution in [1.29, 1.82) is 0 Å². The summed E-state index contributed by atoms with van der Waals surface area (Å²) in [5, 5.41) is 15.5. The van der Waals surface area contributed by atoms with E-state index in [9.17, 15) is 19.5 Å². The number of hydrogen-bond donors (Lipinski definition) is 3. The van der Waals surface area contributed by atoms with E-state index in [2.05, 4.69) is 15.6 Å². The molecule has 9 nitrogen and oxygen atoms in total. The van der Waals surface area contributed by atoms with Crippen molar-refractivity contribution in [3.8, 4) is 0 Å². The van der Waals surface area contributed by atoms with E-state index >= 15 is 0 Å². The normalized spacial score (nSPS) is 12.7. The minimum Gasteiger partial charge on any atom is -0.480 e. The van der Waals surface area contributed by atoms with Gasteiger partial charge in [0.05, 0.1) is 12.4 Å². The maximum absolute atomic E-state index is 14.0.